The summed E-state index contributed by atoms with van der Waals surface area (Å²) in [5.74, 6) is 1.86. The summed E-state index contributed by atoms with van der Waals surface area (Å²) in [6, 6.07) is 1.50. The second-order valence-corrected chi connectivity index (χ2v) is 5.89. The van der Waals surface area contributed by atoms with Gasteiger partial charge in [-0.3, -0.25) is 5.10 Å². The number of aromatic amines is 1. The third-order valence-corrected chi connectivity index (χ3v) is 4.65. The smallest absolute Gasteiger partial charge is 0.137 e. The van der Waals surface area contributed by atoms with E-state index in [1.54, 1.807) is 6.33 Å². The average molecular weight is 263 g/mol. The maximum absolute atomic E-state index is 4.16. The van der Waals surface area contributed by atoms with Crippen LogP contribution in [0.5, 0.6) is 0 Å². The van der Waals surface area contributed by atoms with Crippen LogP contribution in [0.1, 0.15) is 44.3 Å². The summed E-state index contributed by atoms with van der Waals surface area (Å²) in [5.41, 5.74) is 0. The monoisotopic (exact) mass is 263 g/mol. The summed E-state index contributed by atoms with van der Waals surface area (Å²) >= 11 is 0. The second-order valence-electron chi connectivity index (χ2n) is 5.89. The minimum absolute atomic E-state index is 0.727. The zero-order chi connectivity index (χ0) is 12.9. The molecule has 5 nitrogen and oxygen atoms in total. The highest BCUT2D eigenvalue weighted by Gasteiger charge is 2.34. The van der Waals surface area contributed by atoms with Crippen LogP contribution in [0, 0.1) is 5.92 Å². The number of rotatable bonds is 6. The number of aromatic nitrogens is 3. The maximum atomic E-state index is 4.16. The van der Waals surface area contributed by atoms with Gasteiger partial charge in [-0.15, -0.1) is 0 Å². The molecule has 106 valence electrons. The van der Waals surface area contributed by atoms with Gasteiger partial charge in [0.2, 0.25) is 0 Å². The first-order chi connectivity index (χ1) is 9.43. The van der Waals surface area contributed by atoms with Gasteiger partial charge in [-0.05, 0) is 51.1 Å². The van der Waals surface area contributed by atoms with Gasteiger partial charge < -0.3 is 10.6 Å². The molecule has 0 spiro atoms. The molecule has 1 aromatic rings. The van der Waals surface area contributed by atoms with Crippen LogP contribution >= 0.6 is 0 Å². The van der Waals surface area contributed by atoms with E-state index in [0.29, 0.717) is 0 Å². The zero-order valence-corrected chi connectivity index (χ0v) is 11.6. The van der Waals surface area contributed by atoms with Crippen molar-refractivity contribution in [2.24, 2.45) is 5.92 Å². The summed E-state index contributed by atoms with van der Waals surface area (Å²) < 4.78 is 0. The highest BCUT2D eigenvalue weighted by Crippen LogP contribution is 2.31. The molecule has 1 saturated carbocycles. The number of nitrogens with zero attached hydrogens (tertiary/aromatic N) is 2. The van der Waals surface area contributed by atoms with Crippen LogP contribution in [0.2, 0.25) is 0 Å². The Balaban J connectivity index is 1.39. The molecule has 5 heteroatoms. The molecule has 19 heavy (non-hydrogen) atoms. The lowest BCUT2D eigenvalue weighted by Crippen LogP contribution is -2.42. The minimum Gasteiger partial charge on any atom is -0.314 e. The molecule has 2 heterocycles. The van der Waals surface area contributed by atoms with E-state index in [1.807, 2.05) is 0 Å². The maximum Gasteiger partial charge on any atom is 0.137 e. The molecular weight excluding hydrogens is 238 g/mol. The number of hydrogen-bond acceptors (Lipinski definition) is 4. The Morgan fingerprint density at radius 2 is 2.26 bits per heavy atom. The normalized spacial score (nSPS) is 31.1. The van der Waals surface area contributed by atoms with Crippen molar-refractivity contribution in [3.05, 3.63) is 12.2 Å². The molecule has 2 fully saturated rings. The summed E-state index contributed by atoms with van der Waals surface area (Å²) in [6.07, 6.45) is 10.6. The van der Waals surface area contributed by atoms with Crippen molar-refractivity contribution in [2.75, 3.05) is 13.1 Å². The van der Waals surface area contributed by atoms with Gasteiger partial charge in [-0.2, -0.15) is 5.10 Å². The first kappa shape index (κ1) is 13.1. The first-order valence-electron chi connectivity index (χ1n) is 7.74. The number of hydrogen-bond donors (Lipinski definition) is 3. The van der Waals surface area contributed by atoms with Crippen molar-refractivity contribution in [1.82, 2.24) is 25.8 Å². The number of nitrogens with one attached hydrogen (secondary N) is 3. The molecule has 1 aliphatic heterocycles. The van der Waals surface area contributed by atoms with Gasteiger partial charge in [-0.25, -0.2) is 4.98 Å². The van der Waals surface area contributed by atoms with Crippen molar-refractivity contribution >= 4 is 0 Å². The van der Waals surface area contributed by atoms with Crippen molar-refractivity contribution < 1.29 is 0 Å². The lowest BCUT2D eigenvalue weighted by atomic mass is 9.93. The number of H-pyrrole nitrogens is 1. The van der Waals surface area contributed by atoms with Crippen LogP contribution in [0.15, 0.2) is 6.33 Å². The van der Waals surface area contributed by atoms with E-state index < -0.39 is 0 Å². The predicted octanol–water partition coefficient (Wildman–Crippen LogP) is 1.25. The van der Waals surface area contributed by atoms with E-state index in [0.717, 1.165) is 43.2 Å². The molecule has 3 unspecified atom stereocenters. The fraction of sp³-hybridized carbons (Fsp3) is 0.857. The van der Waals surface area contributed by atoms with Gasteiger partial charge in [0.1, 0.15) is 12.2 Å². The summed E-state index contributed by atoms with van der Waals surface area (Å²) in [4.78, 5) is 4.16. The van der Waals surface area contributed by atoms with Gasteiger partial charge in [0.25, 0.3) is 0 Å². The molecule has 2 aliphatic rings. The summed E-state index contributed by atoms with van der Waals surface area (Å²) in [6.45, 7) is 2.31. The van der Waals surface area contributed by atoms with E-state index >= 15 is 0 Å². The highest BCUT2D eigenvalue weighted by atomic mass is 15.2. The van der Waals surface area contributed by atoms with E-state index in [-0.39, 0.29) is 0 Å². The Kier molecular flexibility index (Phi) is 4.45. The fourth-order valence-corrected chi connectivity index (χ4v) is 3.70. The topological polar surface area (TPSA) is 65.6 Å². The summed E-state index contributed by atoms with van der Waals surface area (Å²) in [5, 5.41) is 14.2. The highest BCUT2D eigenvalue weighted by molar-refractivity contribution is 4.93. The average Bonchev–Trinajstić information content (AvgIpc) is 3.15. The van der Waals surface area contributed by atoms with Crippen molar-refractivity contribution in [1.29, 1.82) is 0 Å². The zero-order valence-electron chi connectivity index (χ0n) is 11.6. The lowest BCUT2D eigenvalue weighted by Gasteiger charge is -2.26. The molecule has 3 atom stereocenters. The van der Waals surface area contributed by atoms with E-state index in [4.69, 9.17) is 0 Å². The van der Waals surface area contributed by atoms with Crippen molar-refractivity contribution in [3.8, 4) is 0 Å². The third kappa shape index (κ3) is 3.34. The standard InChI is InChI=1S/C14H25N5/c1-4-11(13-6-2-8-15-13)12(5-1)16-9-3-7-14-17-10-18-19-14/h10-13,15-16H,1-9H2,(H,17,18,19). The Bertz CT molecular complexity index is 358. The van der Waals surface area contributed by atoms with Crippen LogP contribution in [0.25, 0.3) is 0 Å². The van der Waals surface area contributed by atoms with Crippen LogP contribution < -0.4 is 10.6 Å². The lowest BCUT2D eigenvalue weighted by molar-refractivity contribution is 0.320. The largest absolute Gasteiger partial charge is 0.314 e. The first-order valence-corrected chi connectivity index (χ1v) is 7.74. The Hall–Kier alpha value is -0.940. The van der Waals surface area contributed by atoms with Crippen LogP contribution in [-0.4, -0.2) is 40.4 Å². The predicted molar refractivity (Wildman–Crippen MR) is 74.9 cm³/mol. The minimum atomic E-state index is 0.727. The molecule has 1 aliphatic carbocycles. The Morgan fingerprint density at radius 1 is 1.26 bits per heavy atom. The molecule has 0 radical (unpaired) electrons. The Morgan fingerprint density at radius 3 is 3.05 bits per heavy atom. The van der Waals surface area contributed by atoms with Gasteiger partial charge in [0.05, 0.1) is 0 Å². The number of aryl methyl sites for hydroxylation is 1. The SMILES string of the molecule is c1n[nH]c(CCCNC2CCCC2C2CCCN2)n1. The van der Waals surface area contributed by atoms with E-state index in [1.165, 1.54) is 38.6 Å². The molecule has 3 rings (SSSR count). The van der Waals surface area contributed by atoms with Crippen LogP contribution in [0.3, 0.4) is 0 Å². The summed E-state index contributed by atoms with van der Waals surface area (Å²) in [7, 11) is 0. The van der Waals surface area contributed by atoms with Crippen molar-refractivity contribution in [3.63, 3.8) is 0 Å². The fourth-order valence-electron chi connectivity index (χ4n) is 3.70. The van der Waals surface area contributed by atoms with Gasteiger partial charge in [0, 0.05) is 18.5 Å². The van der Waals surface area contributed by atoms with E-state index in [2.05, 4.69) is 25.8 Å². The van der Waals surface area contributed by atoms with Gasteiger partial charge in [-0.1, -0.05) is 6.42 Å². The van der Waals surface area contributed by atoms with E-state index in [9.17, 15) is 0 Å². The third-order valence-electron chi connectivity index (χ3n) is 4.65. The Labute approximate surface area is 115 Å². The molecule has 3 N–H and O–H groups in total. The van der Waals surface area contributed by atoms with Crippen LogP contribution in [0.4, 0.5) is 0 Å². The molecule has 0 aromatic carbocycles. The van der Waals surface area contributed by atoms with Crippen LogP contribution in [-0.2, 0) is 6.42 Å². The van der Waals surface area contributed by atoms with Gasteiger partial charge in [0.15, 0.2) is 0 Å². The molecule has 1 saturated heterocycles. The molecule has 1 aromatic heterocycles. The molecular formula is C14H25N5. The van der Waals surface area contributed by atoms with Crippen molar-refractivity contribution in [2.45, 2.75) is 57.0 Å². The molecule has 0 bridgehead atoms. The quantitative estimate of drug-likeness (QED) is 0.676. The van der Waals surface area contributed by atoms with Gasteiger partial charge >= 0.3 is 0 Å². The molecule has 0 amide bonds. The second kappa shape index (κ2) is 6.48.